The van der Waals surface area contributed by atoms with E-state index < -0.39 is 12.0 Å². The van der Waals surface area contributed by atoms with E-state index in [9.17, 15) is 9.59 Å². The Balaban J connectivity index is 4.47. The fourth-order valence-corrected chi connectivity index (χ4v) is 1.22. The summed E-state index contributed by atoms with van der Waals surface area (Å²) >= 11 is 0. The van der Waals surface area contributed by atoms with Gasteiger partial charge in [0.05, 0.1) is 12.5 Å². The number of carboxylic acids is 1. The summed E-state index contributed by atoms with van der Waals surface area (Å²) in [6.07, 6.45) is -0.0452. The zero-order chi connectivity index (χ0) is 12.9. The molecule has 5 heteroatoms. The van der Waals surface area contributed by atoms with Gasteiger partial charge in [-0.2, -0.15) is 0 Å². The van der Waals surface area contributed by atoms with Crippen molar-refractivity contribution in [2.75, 3.05) is 13.1 Å². The molecule has 1 unspecified atom stereocenters. The zero-order valence-electron chi connectivity index (χ0n) is 10.5. The first-order valence-electron chi connectivity index (χ1n) is 5.46. The predicted molar refractivity (Wildman–Crippen MR) is 61.9 cm³/mol. The Hall–Kier alpha value is -1.10. The van der Waals surface area contributed by atoms with Gasteiger partial charge in [-0.3, -0.25) is 9.59 Å². The summed E-state index contributed by atoms with van der Waals surface area (Å²) in [6.45, 7) is 8.18. The average Bonchev–Trinajstić information content (AvgIpc) is 2.15. The van der Waals surface area contributed by atoms with Crippen LogP contribution in [0.4, 0.5) is 0 Å². The van der Waals surface area contributed by atoms with Crippen LogP contribution in [-0.4, -0.2) is 41.0 Å². The highest BCUT2D eigenvalue weighted by Gasteiger charge is 2.30. The van der Waals surface area contributed by atoms with Crippen molar-refractivity contribution in [1.29, 1.82) is 0 Å². The maximum absolute atomic E-state index is 11.9. The third kappa shape index (κ3) is 4.61. The van der Waals surface area contributed by atoms with Gasteiger partial charge in [0.1, 0.15) is 0 Å². The fourth-order valence-electron chi connectivity index (χ4n) is 1.22. The molecule has 1 amide bonds. The average molecular weight is 230 g/mol. The molecule has 0 spiro atoms. The maximum atomic E-state index is 11.9. The zero-order valence-corrected chi connectivity index (χ0v) is 10.5. The van der Waals surface area contributed by atoms with Crippen LogP contribution in [0.2, 0.25) is 0 Å². The monoisotopic (exact) mass is 230 g/mol. The first-order valence-corrected chi connectivity index (χ1v) is 5.46. The second-order valence-corrected chi connectivity index (χ2v) is 4.91. The van der Waals surface area contributed by atoms with Gasteiger partial charge in [-0.1, -0.05) is 20.8 Å². The minimum atomic E-state index is -0.907. The molecule has 0 heterocycles. The van der Waals surface area contributed by atoms with Crippen LogP contribution in [0.3, 0.4) is 0 Å². The fraction of sp³-hybridized carbons (Fsp3) is 0.818. The Kier molecular flexibility index (Phi) is 5.44. The number of nitrogens with zero attached hydrogens (tertiary/aromatic N) is 1. The number of aliphatic carboxylic acids is 1. The Morgan fingerprint density at radius 1 is 1.38 bits per heavy atom. The molecule has 94 valence electrons. The molecule has 1 atom stereocenters. The number of rotatable bonds is 5. The Morgan fingerprint density at radius 3 is 2.19 bits per heavy atom. The van der Waals surface area contributed by atoms with Gasteiger partial charge in [0.15, 0.2) is 0 Å². The molecule has 0 fully saturated rings. The van der Waals surface area contributed by atoms with Crippen molar-refractivity contribution in [2.24, 2.45) is 11.1 Å². The Bertz CT molecular complexity index is 258. The Morgan fingerprint density at radius 2 is 1.88 bits per heavy atom. The summed E-state index contributed by atoms with van der Waals surface area (Å²) < 4.78 is 0. The van der Waals surface area contributed by atoms with Gasteiger partial charge in [-0.05, 0) is 12.3 Å². The first kappa shape index (κ1) is 14.9. The molecule has 0 saturated heterocycles. The van der Waals surface area contributed by atoms with E-state index in [0.717, 1.165) is 0 Å². The highest BCUT2D eigenvalue weighted by atomic mass is 16.4. The number of likely N-dealkylation sites (N-methyl/N-ethyl adjacent to an activating group) is 1. The minimum Gasteiger partial charge on any atom is -0.481 e. The normalized spacial score (nSPS) is 13.3. The van der Waals surface area contributed by atoms with Crippen LogP contribution >= 0.6 is 0 Å². The lowest BCUT2D eigenvalue weighted by Crippen LogP contribution is -2.50. The molecule has 0 aromatic heterocycles. The molecule has 0 saturated carbocycles. The van der Waals surface area contributed by atoms with Crippen molar-refractivity contribution < 1.29 is 14.7 Å². The van der Waals surface area contributed by atoms with Crippen LogP contribution in [0.25, 0.3) is 0 Å². The third-order valence-electron chi connectivity index (χ3n) is 2.49. The number of amides is 1. The summed E-state index contributed by atoms with van der Waals surface area (Å²) in [4.78, 5) is 23.9. The van der Waals surface area contributed by atoms with Crippen LogP contribution in [0, 0.1) is 5.41 Å². The van der Waals surface area contributed by atoms with Gasteiger partial charge in [0, 0.05) is 13.1 Å². The number of carboxylic acid groups (broad SMARTS) is 1. The largest absolute Gasteiger partial charge is 0.481 e. The topological polar surface area (TPSA) is 83.6 Å². The molecular weight excluding hydrogens is 208 g/mol. The van der Waals surface area contributed by atoms with E-state index in [-0.39, 0.29) is 24.3 Å². The summed E-state index contributed by atoms with van der Waals surface area (Å²) in [6, 6.07) is -0.596. The van der Waals surface area contributed by atoms with Crippen molar-refractivity contribution in [3.63, 3.8) is 0 Å². The van der Waals surface area contributed by atoms with Crippen LogP contribution in [0.1, 0.15) is 34.1 Å². The second kappa shape index (κ2) is 5.84. The molecule has 0 rings (SSSR count). The highest BCUT2D eigenvalue weighted by molar-refractivity contribution is 5.82. The van der Waals surface area contributed by atoms with E-state index in [4.69, 9.17) is 10.8 Å². The molecule has 0 aliphatic heterocycles. The number of carbonyl (C=O) groups excluding carboxylic acids is 1. The highest BCUT2D eigenvalue weighted by Crippen LogP contribution is 2.19. The van der Waals surface area contributed by atoms with Crippen LogP contribution in [-0.2, 0) is 9.59 Å². The lowest BCUT2D eigenvalue weighted by molar-refractivity contribution is -0.139. The van der Waals surface area contributed by atoms with Gasteiger partial charge >= 0.3 is 5.97 Å². The molecule has 3 N–H and O–H groups in total. The molecular formula is C11H22N2O3. The molecule has 16 heavy (non-hydrogen) atoms. The summed E-state index contributed by atoms with van der Waals surface area (Å²) in [5, 5.41) is 8.57. The molecule has 5 nitrogen and oxygen atoms in total. The predicted octanol–water partition coefficient (Wildman–Crippen LogP) is 0.683. The third-order valence-corrected chi connectivity index (χ3v) is 2.49. The quantitative estimate of drug-likeness (QED) is 0.727. The van der Waals surface area contributed by atoms with E-state index in [1.807, 2.05) is 27.7 Å². The van der Waals surface area contributed by atoms with Crippen molar-refractivity contribution in [1.82, 2.24) is 4.90 Å². The van der Waals surface area contributed by atoms with Gasteiger partial charge in [-0.15, -0.1) is 0 Å². The van der Waals surface area contributed by atoms with E-state index in [1.54, 1.807) is 0 Å². The number of carbonyl (C=O) groups is 2. The maximum Gasteiger partial charge on any atom is 0.305 e. The number of hydrogen-bond donors (Lipinski definition) is 2. The van der Waals surface area contributed by atoms with Gasteiger partial charge in [-0.25, -0.2) is 0 Å². The van der Waals surface area contributed by atoms with Gasteiger partial charge < -0.3 is 15.7 Å². The van der Waals surface area contributed by atoms with E-state index in [0.29, 0.717) is 6.54 Å². The Labute approximate surface area is 96.6 Å². The summed E-state index contributed by atoms with van der Waals surface area (Å²) in [7, 11) is 0. The lowest BCUT2D eigenvalue weighted by atomic mass is 9.86. The molecule has 0 aromatic rings. The van der Waals surface area contributed by atoms with E-state index in [1.165, 1.54) is 4.90 Å². The van der Waals surface area contributed by atoms with E-state index >= 15 is 0 Å². The van der Waals surface area contributed by atoms with Crippen LogP contribution < -0.4 is 5.73 Å². The van der Waals surface area contributed by atoms with Crippen LogP contribution in [0.15, 0.2) is 0 Å². The minimum absolute atomic E-state index is 0.0452. The molecule has 0 aliphatic carbocycles. The molecule has 0 aromatic carbocycles. The first-order chi connectivity index (χ1) is 7.20. The molecule has 0 bridgehead atoms. The second-order valence-electron chi connectivity index (χ2n) is 4.91. The number of nitrogens with two attached hydrogens (primary N) is 1. The number of hydrogen-bond acceptors (Lipinski definition) is 3. The smallest absolute Gasteiger partial charge is 0.305 e. The van der Waals surface area contributed by atoms with Crippen molar-refractivity contribution in [3.8, 4) is 0 Å². The SMILES string of the molecule is CCN(CCC(=O)O)C(=O)C(N)C(C)(C)C. The van der Waals surface area contributed by atoms with Crippen molar-refractivity contribution in [3.05, 3.63) is 0 Å². The molecule has 0 aliphatic rings. The lowest BCUT2D eigenvalue weighted by Gasteiger charge is -2.31. The van der Waals surface area contributed by atoms with Gasteiger partial charge in [0.2, 0.25) is 5.91 Å². The summed E-state index contributed by atoms with van der Waals surface area (Å²) in [5.41, 5.74) is 5.53. The standard InChI is InChI=1S/C11H22N2O3/c1-5-13(7-6-8(14)15)10(16)9(12)11(2,3)4/h9H,5-7,12H2,1-4H3,(H,14,15). The van der Waals surface area contributed by atoms with Crippen molar-refractivity contribution in [2.45, 2.75) is 40.2 Å². The van der Waals surface area contributed by atoms with Crippen molar-refractivity contribution >= 4 is 11.9 Å². The molecule has 0 radical (unpaired) electrons. The van der Waals surface area contributed by atoms with E-state index in [2.05, 4.69) is 0 Å². The van der Waals surface area contributed by atoms with Crippen LogP contribution in [0.5, 0.6) is 0 Å². The van der Waals surface area contributed by atoms with Gasteiger partial charge in [0.25, 0.3) is 0 Å². The summed E-state index contributed by atoms with van der Waals surface area (Å²) in [5.74, 6) is -1.09.